The second kappa shape index (κ2) is 7.13. The fourth-order valence-corrected chi connectivity index (χ4v) is 2.04. The summed E-state index contributed by atoms with van der Waals surface area (Å²) in [5, 5.41) is 3.51. The molecule has 1 unspecified atom stereocenters. The smallest absolute Gasteiger partial charge is 0.121 e. The van der Waals surface area contributed by atoms with Gasteiger partial charge in [0.15, 0.2) is 0 Å². The van der Waals surface area contributed by atoms with Gasteiger partial charge in [-0.25, -0.2) is 0 Å². The van der Waals surface area contributed by atoms with Gasteiger partial charge < -0.3 is 10.1 Å². The monoisotopic (exact) mass is 233 g/mol. The van der Waals surface area contributed by atoms with Crippen molar-refractivity contribution in [2.75, 3.05) is 13.7 Å². The minimum absolute atomic E-state index is 0.405. The standard InChI is InChI=1S/C15H23NO/c1-5-7-8-14(16-6-2)13-9-10-15(17-4)12(3)11-13/h5,9-11,14,16H,1,6-8H2,2-4H3. The highest BCUT2D eigenvalue weighted by atomic mass is 16.5. The number of nitrogens with one attached hydrogen (secondary N) is 1. The van der Waals surface area contributed by atoms with Crippen molar-refractivity contribution in [1.29, 1.82) is 0 Å². The summed E-state index contributed by atoms with van der Waals surface area (Å²) in [6.45, 7) is 8.98. The van der Waals surface area contributed by atoms with E-state index in [9.17, 15) is 0 Å². The Labute approximate surface area is 105 Å². The molecule has 0 aromatic heterocycles. The predicted octanol–water partition coefficient (Wildman–Crippen LogP) is 3.62. The van der Waals surface area contributed by atoms with Crippen molar-refractivity contribution in [3.8, 4) is 5.75 Å². The summed E-state index contributed by atoms with van der Waals surface area (Å²) in [5.41, 5.74) is 2.51. The first-order chi connectivity index (χ1) is 8.22. The quantitative estimate of drug-likeness (QED) is 0.726. The van der Waals surface area contributed by atoms with E-state index in [2.05, 4.69) is 37.9 Å². The number of hydrogen-bond donors (Lipinski definition) is 1. The molecule has 0 radical (unpaired) electrons. The van der Waals surface area contributed by atoms with E-state index in [1.807, 2.05) is 12.1 Å². The Morgan fingerprint density at radius 3 is 2.76 bits per heavy atom. The summed E-state index contributed by atoms with van der Waals surface area (Å²) < 4.78 is 5.28. The van der Waals surface area contributed by atoms with Gasteiger partial charge in [0, 0.05) is 6.04 Å². The Morgan fingerprint density at radius 2 is 2.24 bits per heavy atom. The lowest BCUT2D eigenvalue weighted by Gasteiger charge is -2.19. The Hall–Kier alpha value is -1.28. The molecule has 1 N–H and O–H groups in total. The average molecular weight is 233 g/mol. The third kappa shape index (κ3) is 3.90. The van der Waals surface area contributed by atoms with Crippen molar-refractivity contribution < 1.29 is 4.74 Å². The molecule has 1 aromatic rings. The molecule has 94 valence electrons. The summed E-state index contributed by atoms with van der Waals surface area (Å²) in [7, 11) is 1.71. The molecule has 1 aromatic carbocycles. The zero-order chi connectivity index (χ0) is 12.7. The minimum atomic E-state index is 0.405. The molecule has 0 saturated carbocycles. The fourth-order valence-electron chi connectivity index (χ4n) is 2.04. The highest BCUT2D eigenvalue weighted by Crippen LogP contribution is 2.25. The highest BCUT2D eigenvalue weighted by Gasteiger charge is 2.10. The number of rotatable bonds is 7. The molecule has 0 aliphatic carbocycles. The molecule has 0 saturated heterocycles. The van der Waals surface area contributed by atoms with Gasteiger partial charge in [-0.1, -0.05) is 25.1 Å². The maximum absolute atomic E-state index is 5.28. The van der Waals surface area contributed by atoms with Crippen molar-refractivity contribution in [3.63, 3.8) is 0 Å². The highest BCUT2D eigenvalue weighted by molar-refractivity contribution is 5.37. The first kappa shape index (κ1) is 13.8. The van der Waals surface area contributed by atoms with Crippen LogP contribution in [0, 0.1) is 6.92 Å². The van der Waals surface area contributed by atoms with E-state index in [1.165, 1.54) is 11.1 Å². The third-order valence-corrected chi connectivity index (χ3v) is 2.93. The van der Waals surface area contributed by atoms with Crippen LogP contribution in [0.1, 0.15) is 36.9 Å². The SMILES string of the molecule is C=CCCC(NCC)c1ccc(OC)c(C)c1. The molecule has 0 aliphatic rings. The molecular weight excluding hydrogens is 210 g/mol. The average Bonchev–Trinajstić information content (AvgIpc) is 2.34. The van der Waals surface area contributed by atoms with Gasteiger partial charge in [0.2, 0.25) is 0 Å². The minimum Gasteiger partial charge on any atom is -0.496 e. The lowest BCUT2D eigenvalue weighted by atomic mass is 9.99. The molecule has 0 aliphatic heterocycles. The topological polar surface area (TPSA) is 21.3 Å². The normalized spacial score (nSPS) is 12.2. The van der Waals surface area contributed by atoms with Crippen LogP contribution in [0.4, 0.5) is 0 Å². The van der Waals surface area contributed by atoms with E-state index in [0.717, 1.165) is 25.1 Å². The van der Waals surface area contributed by atoms with E-state index in [0.29, 0.717) is 6.04 Å². The molecule has 0 amide bonds. The lowest BCUT2D eigenvalue weighted by molar-refractivity contribution is 0.411. The lowest BCUT2D eigenvalue weighted by Crippen LogP contribution is -2.20. The summed E-state index contributed by atoms with van der Waals surface area (Å²) in [6, 6.07) is 6.79. The largest absolute Gasteiger partial charge is 0.496 e. The first-order valence-corrected chi connectivity index (χ1v) is 6.21. The zero-order valence-electron chi connectivity index (χ0n) is 11.1. The Balaban J connectivity index is 2.85. The van der Waals surface area contributed by atoms with Gasteiger partial charge in [-0.2, -0.15) is 0 Å². The van der Waals surface area contributed by atoms with Gasteiger partial charge in [0.05, 0.1) is 7.11 Å². The maximum Gasteiger partial charge on any atom is 0.121 e. The number of benzene rings is 1. The molecule has 2 heteroatoms. The second-order valence-electron chi connectivity index (χ2n) is 4.21. The number of allylic oxidation sites excluding steroid dienone is 1. The third-order valence-electron chi connectivity index (χ3n) is 2.93. The number of hydrogen-bond acceptors (Lipinski definition) is 2. The molecule has 0 heterocycles. The molecular formula is C15H23NO. The van der Waals surface area contributed by atoms with Crippen LogP contribution in [0.25, 0.3) is 0 Å². The fraction of sp³-hybridized carbons (Fsp3) is 0.467. The van der Waals surface area contributed by atoms with Gasteiger partial charge in [-0.15, -0.1) is 6.58 Å². The number of aryl methyl sites for hydroxylation is 1. The van der Waals surface area contributed by atoms with Crippen LogP contribution >= 0.6 is 0 Å². The number of ether oxygens (including phenoxy) is 1. The van der Waals surface area contributed by atoms with Crippen LogP contribution in [0.3, 0.4) is 0 Å². The molecule has 17 heavy (non-hydrogen) atoms. The van der Waals surface area contributed by atoms with E-state index < -0.39 is 0 Å². The van der Waals surface area contributed by atoms with Crippen molar-refractivity contribution in [2.45, 2.75) is 32.7 Å². The van der Waals surface area contributed by atoms with Crippen LogP contribution in [-0.2, 0) is 0 Å². The van der Waals surface area contributed by atoms with Crippen molar-refractivity contribution >= 4 is 0 Å². The molecule has 1 atom stereocenters. The second-order valence-corrected chi connectivity index (χ2v) is 4.21. The predicted molar refractivity (Wildman–Crippen MR) is 73.6 cm³/mol. The van der Waals surface area contributed by atoms with Crippen LogP contribution in [0.2, 0.25) is 0 Å². The molecule has 0 spiro atoms. The molecule has 0 bridgehead atoms. The van der Waals surface area contributed by atoms with Crippen molar-refractivity contribution in [2.24, 2.45) is 0 Å². The Kier molecular flexibility index (Phi) is 5.78. The summed E-state index contributed by atoms with van der Waals surface area (Å²) >= 11 is 0. The van der Waals surface area contributed by atoms with E-state index in [4.69, 9.17) is 4.74 Å². The van der Waals surface area contributed by atoms with Gasteiger partial charge in [-0.05, 0) is 43.5 Å². The summed E-state index contributed by atoms with van der Waals surface area (Å²) in [4.78, 5) is 0. The van der Waals surface area contributed by atoms with E-state index in [1.54, 1.807) is 7.11 Å². The van der Waals surface area contributed by atoms with Gasteiger partial charge in [-0.3, -0.25) is 0 Å². The Morgan fingerprint density at radius 1 is 1.47 bits per heavy atom. The zero-order valence-corrected chi connectivity index (χ0v) is 11.1. The molecule has 2 nitrogen and oxygen atoms in total. The van der Waals surface area contributed by atoms with Crippen LogP contribution in [0.5, 0.6) is 5.75 Å². The summed E-state index contributed by atoms with van der Waals surface area (Å²) in [6.07, 6.45) is 4.09. The van der Waals surface area contributed by atoms with Crippen LogP contribution in [-0.4, -0.2) is 13.7 Å². The first-order valence-electron chi connectivity index (χ1n) is 6.21. The van der Waals surface area contributed by atoms with Gasteiger partial charge in [0.25, 0.3) is 0 Å². The van der Waals surface area contributed by atoms with Crippen molar-refractivity contribution in [3.05, 3.63) is 42.0 Å². The van der Waals surface area contributed by atoms with Crippen LogP contribution in [0.15, 0.2) is 30.9 Å². The van der Waals surface area contributed by atoms with Gasteiger partial charge in [0.1, 0.15) is 5.75 Å². The summed E-state index contributed by atoms with van der Waals surface area (Å²) in [5.74, 6) is 0.952. The molecule has 1 rings (SSSR count). The van der Waals surface area contributed by atoms with Crippen LogP contribution < -0.4 is 10.1 Å². The number of methoxy groups -OCH3 is 1. The Bertz CT molecular complexity index is 360. The van der Waals surface area contributed by atoms with Crippen molar-refractivity contribution in [1.82, 2.24) is 5.32 Å². The van der Waals surface area contributed by atoms with Gasteiger partial charge >= 0.3 is 0 Å². The van der Waals surface area contributed by atoms with E-state index >= 15 is 0 Å². The molecule has 0 fully saturated rings. The maximum atomic E-state index is 5.28. The van der Waals surface area contributed by atoms with E-state index in [-0.39, 0.29) is 0 Å².